The summed E-state index contributed by atoms with van der Waals surface area (Å²) in [6, 6.07) is 14.5. The number of carbonyl (C=O) groups is 1. The molecule has 0 fully saturated rings. The van der Waals surface area contributed by atoms with Crippen molar-refractivity contribution in [2.45, 2.75) is 39.2 Å². The molecule has 158 valence electrons. The first kappa shape index (κ1) is 22.0. The maximum absolute atomic E-state index is 11.1. The fourth-order valence-corrected chi connectivity index (χ4v) is 3.48. The lowest BCUT2D eigenvalue weighted by Gasteiger charge is -2.11. The van der Waals surface area contributed by atoms with Gasteiger partial charge in [0.15, 0.2) is 5.78 Å². The van der Waals surface area contributed by atoms with Gasteiger partial charge in [-0.05, 0) is 71.8 Å². The zero-order valence-electron chi connectivity index (χ0n) is 17.7. The van der Waals surface area contributed by atoms with Crippen molar-refractivity contribution in [3.8, 4) is 5.75 Å². The number of rotatable bonds is 12. The average Bonchev–Trinajstić information content (AvgIpc) is 3.18. The standard InChI is InChI=1S/C26H31NO3/c1-2-3-16-30-25-13-11-22-9-10-23(26(22)17-25)14-15-27-18-21-6-4-20(5-7-21)8-12-24(29)19-28/h4-8,10-13,17,27-28H,2-3,9,14-16,18-19H2,1H3/b12-8+. The van der Waals surface area contributed by atoms with E-state index in [1.54, 1.807) is 6.08 Å². The molecule has 1 aliphatic carbocycles. The molecule has 2 aromatic rings. The number of ketones is 1. The van der Waals surface area contributed by atoms with Crippen molar-refractivity contribution in [2.24, 2.45) is 0 Å². The summed E-state index contributed by atoms with van der Waals surface area (Å²) in [5, 5.41) is 12.3. The van der Waals surface area contributed by atoms with E-state index >= 15 is 0 Å². The average molecular weight is 406 g/mol. The number of hydrogen-bond acceptors (Lipinski definition) is 4. The highest BCUT2D eigenvalue weighted by molar-refractivity contribution is 5.94. The predicted molar refractivity (Wildman–Crippen MR) is 122 cm³/mol. The van der Waals surface area contributed by atoms with Crippen LogP contribution >= 0.6 is 0 Å². The van der Waals surface area contributed by atoms with Crippen LogP contribution in [0.1, 0.15) is 48.4 Å². The van der Waals surface area contributed by atoms with Gasteiger partial charge in [-0.15, -0.1) is 0 Å². The molecule has 4 nitrogen and oxygen atoms in total. The van der Waals surface area contributed by atoms with E-state index in [9.17, 15) is 4.79 Å². The second-order valence-corrected chi connectivity index (χ2v) is 7.58. The molecule has 0 radical (unpaired) electrons. The van der Waals surface area contributed by atoms with E-state index in [4.69, 9.17) is 9.84 Å². The monoisotopic (exact) mass is 405 g/mol. The zero-order valence-corrected chi connectivity index (χ0v) is 17.7. The quantitative estimate of drug-likeness (QED) is 0.401. The molecular weight excluding hydrogens is 374 g/mol. The van der Waals surface area contributed by atoms with Crippen molar-refractivity contribution in [2.75, 3.05) is 19.8 Å². The molecule has 0 heterocycles. The number of unbranched alkanes of at least 4 members (excludes halogenated alkanes) is 1. The van der Waals surface area contributed by atoms with E-state index in [2.05, 4.69) is 48.6 Å². The van der Waals surface area contributed by atoms with Gasteiger partial charge in [0.2, 0.25) is 0 Å². The van der Waals surface area contributed by atoms with Crippen molar-refractivity contribution in [1.29, 1.82) is 0 Å². The van der Waals surface area contributed by atoms with Crippen LogP contribution in [0.5, 0.6) is 5.75 Å². The van der Waals surface area contributed by atoms with Gasteiger partial charge in [-0.25, -0.2) is 0 Å². The third-order valence-corrected chi connectivity index (χ3v) is 5.26. The number of nitrogens with one attached hydrogen (secondary N) is 1. The van der Waals surface area contributed by atoms with E-state index in [1.807, 2.05) is 12.1 Å². The molecule has 0 atom stereocenters. The van der Waals surface area contributed by atoms with Gasteiger partial charge in [0.1, 0.15) is 12.4 Å². The summed E-state index contributed by atoms with van der Waals surface area (Å²) in [5.41, 5.74) is 6.27. The Balaban J connectivity index is 1.45. The highest BCUT2D eigenvalue weighted by Gasteiger charge is 2.14. The second-order valence-electron chi connectivity index (χ2n) is 7.58. The van der Waals surface area contributed by atoms with Gasteiger partial charge in [0.25, 0.3) is 0 Å². The largest absolute Gasteiger partial charge is 0.494 e. The molecule has 0 unspecified atom stereocenters. The lowest BCUT2D eigenvalue weighted by Crippen LogP contribution is -2.14. The molecule has 0 aromatic heterocycles. The van der Waals surface area contributed by atoms with Crippen LogP contribution in [-0.2, 0) is 17.8 Å². The Kier molecular flexibility index (Phi) is 8.42. The summed E-state index contributed by atoms with van der Waals surface area (Å²) < 4.78 is 5.87. The van der Waals surface area contributed by atoms with Gasteiger partial charge in [-0.3, -0.25) is 4.79 Å². The van der Waals surface area contributed by atoms with Crippen LogP contribution in [0.4, 0.5) is 0 Å². The minimum absolute atomic E-state index is 0.289. The predicted octanol–water partition coefficient (Wildman–Crippen LogP) is 4.56. The highest BCUT2D eigenvalue weighted by atomic mass is 16.5. The van der Waals surface area contributed by atoms with Crippen LogP contribution < -0.4 is 10.1 Å². The molecular formula is C26H31NO3. The number of ether oxygens (including phenoxy) is 1. The smallest absolute Gasteiger partial charge is 0.181 e. The molecule has 0 bridgehead atoms. The summed E-state index contributed by atoms with van der Waals surface area (Å²) in [7, 11) is 0. The molecule has 2 aromatic carbocycles. The molecule has 0 saturated heterocycles. The van der Waals surface area contributed by atoms with E-state index in [0.29, 0.717) is 0 Å². The third-order valence-electron chi connectivity index (χ3n) is 5.26. The molecule has 0 saturated carbocycles. The van der Waals surface area contributed by atoms with Gasteiger partial charge in [0, 0.05) is 6.54 Å². The van der Waals surface area contributed by atoms with Gasteiger partial charge < -0.3 is 15.2 Å². The van der Waals surface area contributed by atoms with Crippen LogP contribution in [0.15, 0.2) is 54.6 Å². The Labute approximate surface area is 179 Å². The van der Waals surface area contributed by atoms with Crippen LogP contribution in [0, 0.1) is 0 Å². The fourth-order valence-electron chi connectivity index (χ4n) is 3.48. The minimum atomic E-state index is -0.452. The van der Waals surface area contributed by atoms with Crippen LogP contribution in [-0.4, -0.2) is 30.6 Å². The summed E-state index contributed by atoms with van der Waals surface area (Å²) in [6.45, 7) is 4.22. The summed E-state index contributed by atoms with van der Waals surface area (Å²) in [5.74, 6) is 0.681. The van der Waals surface area contributed by atoms with E-state index in [0.717, 1.165) is 56.7 Å². The number of fused-ring (bicyclic) bond motifs is 1. The number of benzene rings is 2. The van der Waals surface area contributed by atoms with Gasteiger partial charge in [-0.1, -0.05) is 55.8 Å². The Hall–Kier alpha value is -2.69. The fraction of sp³-hybridized carbons (Fsp3) is 0.346. The molecule has 3 rings (SSSR count). The van der Waals surface area contributed by atoms with Gasteiger partial charge in [-0.2, -0.15) is 0 Å². The normalized spacial score (nSPS) is 12.8. The van der Waals surface area contributed by atoms with Gasteiger partial charge >= 0.3 is 0 Å². The lowest BCUT2D eigenvalue weighted by atomic mass is 10.0. The SMILES string of the molecule is CCCCOc1ccc2c(c1)C(CCNCc1ccc(/C=C/C(=O)CO)cc1)=CC2. The Morgan fingerprint density at radius 2 is 2.03 bits per heavy atom. The summed E-state index contributed by atoms with van der Waals surface area (Å²) >= 11 is 0. The Morgan fingerprint density at radius 3 is 2.80 bits per heavy atom. The van der Waals surface area contributed by atoms with Crippen LogP contribution in [0.25, 0.3) is 11.6 Å². The number of aliphatic hydroxyl groups excluding tert-OH is 1. The summed E-state index contributed by atoms with van der Waals surface area (Å²) in [4.78, 5) is 11.1. The van der Waals surface area contributed by atoms with Crippen LogP contribution in [0.3, 0.4) is 0 Å². The number of carbonyl (C=O) groups excluding carboxylic acids is 1. The third kappa shape index (κ3) is 6.41. The van der Waals surface area contributed by atoms with Gasteiger partial charge in [0.05, 0.1) is 6.61 Å². The van der Waals surface area contributed by atoms with E-state index < -0.39 is 6.61 Å². The van der Waals surface area contributed by atoms with Crippen LogP contribution in [0.2, 0.25) is 0 Å². The lowest BCUT2D eigenvalue weighted by molar-refractivity contribution is -0.117. The molecule has 2 N–H and O–H groups in total. The van der Waals surface area contributed by atoms with E-state index in [-0.39, 0.29) is 5.78 Å². The topological polar surface area (TPSA) is 58.6 Å². The molecule has 4 heteroatoms. The molecule has 0 amide bonds. The van der Waals surface area contributed by atoms with Crippen molar-refractivity contribution in [1.82, 2.24) is 5.32 Å². The molecule has 30 heavy (non-hydrogen) atoms. The second kappa shape index (κ2) is 11.5. The molecule has 1 aliphatic rings. The molecule has 0 aliphatic heterocycles. The zero-order chi connectivity index (χ0) is 21.2. The molecule has 0 spiro atoms. The minimum Gasteiger partial charge on any atom is -0.494 e. The summed E-state index contributed by atoms with van der Waals surface area (Å²) in [6.07, 6.45) is 9.69. The maximum atomic E-state index is 11.1. The first-order valence-electron chi connectivity index (χ1n) is 10.8. The number of hydrogen-bond donors (Lipinski definition) is 2. The highest BCUT2D eigenvalue weighted by Crippen LogP contribution is 2.32. The Morgan fingerprint density at radius 1 is 1.20 bits per heavy atom. The van der Waals surface area contributed by atoms with E-state index in [1.165, 1.54) is 28.3 Å². The maximum Gasteiger partial charge on any atom is 0.181 e. The first-order valence-corrected chi connectivity index (χ1v) is 10.8. The van der Waals surface area contributed by atoms with Crippen molar-refractivity contribution < 1.29 is 14.6 Å². The number of allylic oxidation sites excluding steroid dienone is 1. The van der Waals surface area contributed by atoms with Crippen molar-refractivity contribution >= 4 is 17.4 Å². The van der Waals surface area contributed by atoms with Crippen molar-refractivity contribution in [3.05, 3.63) is 76.9 Å². The Bertz CT molecular complexity index is 897. The first-order chi connectivity index (χ1) is 14.7. The number of aliphatic hydroxyl groups is 1. The van der Waals surface area contributed by atoms with Crippen molar-refractivity contribution in [3.63, 3.8) is 0 Å².